The fraction of sp³-hybridized carbons (Fsp3) is 0.286. The summed E-state index contributed by atoms with van der Waals surface area (Å²) in [6, 6.07) is 24.7. The van der Waals surface area contributed by atoms with Crippen LogP contribution in [0.3, 0.4) is 0 Å². The molecule has 4 nitrogen and oxygen atoms in total. The zero-order chi connectivity index (χ0) is 25.0. The van der Waals surface area contributed by atoms with Crippen molar-refractivity contribution in [2.24, 2.45) is 0 Å². The molecule has 0 saturated carbocycles. The van der Waals surface area contributed by atoms with Gasteiger partial charge in [-0.2, -0.15) is 0 Å². The smallest absolute Gasteiger partial charge is 0.243 e. The molecule has 0 aliphatic heterocycles. The minimum Gasteiger partial charge on any atom is -0.354 e. The molecule has 0 aliphatic rings. The average Bonchev–Trinajstić information content (AvgIpc) is 2.86. The number of benzene rings is 3. The Morgan fingerprint density at radius 1 is 0.971 bits per heavy atom. The molecule has 0 saturated heterocycles. The van der Waals surface area contributed by atoms with E-state index in [2.05, 4.69) is 21.2 Å². The first-order valence-corrected chi connectivity index (χ1v) is 14.0. The Bertz CT molecular complexity index is 1100. The van der Waals surface area contributed by atoms with Crippen molar-refractivity contribution < 1.29 is 9.59 Å². The highest BCUT2D eigenvalue weighted by Crippen LogP contribution is 2.21. The highest BCUT2D eigenvalue weighted by atomic mass is 79.9. The molecule has 184 valence electrons. The van der Waals surface area contributed by atoms with E-state index in [-0.39, 0.29) is 17.6 Å². The quantitative estimate of drug-likeness (QED) is 0.269. The van der Waals surface area contributed by atoms with Crippen LogP contribution in [0.2, 0.25) is 5.02 Å². The summed E-state index contributed by atoms with van der Waals surface area (Å²) in [5.74, 6) is 0.793. The molecule has 3 aromatic carbocycles. The van der Waals surface area contributed by atoms with Gasteiger partial charge in [-0.05, 0) is 47.4 Å². The lowest BCUT2D eigenvalue weighted by atomic mass is 10.0. The van der Waals surface area contributed by atoms with Crippen molar-refractivity contribution in [1.29, 1.82) is 0 Å². The van der Waals surface area contributed by atoms with Gasteiger partial charge in [0.15, 0.2) is 0 Å². The molecule has 7 heteroatoms. The van der Waals surface area contributed by atoms with E-state index in [1.807, 2.05) is 79.7 Å². The summed E-state index contributed by atoms with van der Waals surface area (Å²) in [6.45, 7) is 2.90. The standard InChI is InChI=1S/C28H30BrClN2O2S/c1-2-15-31-28(34)26(17-21-7-4-3-5-8-21)32(18-23-9-6-10-25(30)16-23)27(33)20-35-19-22-11-13-24(29)14-12-22/h3-14,16,26H,2,15,17-20H2,1H3,(H,31,34). The monoisotopic (exact) mass is 572 g/mol. The summed E-state index contributed by atoms with van der Waals surface area (Å²) in [5, 5.41) is 3.61. The first kappa shape index (κ1) is 27.3. The second-order valence-electron chi connectivity index (χ2n) is 8.27. The van der Waals surface area contributed by atoms with Crippen LogP contribution in [0.1, 0.15) is 30.0 Å². The number of carbonyl (C=O) groups excluding carboxylic acids is 2. The normalized spacial score (nSPS) is 11.6. The number of hydrogen-bond donors (Lipinski definition) is 1. The Kier molecular flexibility index (Phi) is 11.2. The number of hydrogen-bond acceptors (Lipinski definition) is 3. The number of rotatable bonds is 12. The zero-order valence-electron chi connectivity index (χ0n) is 19.8. The van der Waals surface area contributed by atoms with Crippen molar-refractivity contribution in [3.8, 4) is 0 Å². The second-order valence-corrected chi connectivity index (χ2v) is 10.6. The van der Waals surface area contributed by atoms with Gasteiger partial charge in [-0.3, -0.25) is 9.59 Å². The lowest BCUT2D eigenvalue weighted by Crippen LogP contribution is -2.51. The summed E-state index contributed by atoms with van der Waals surface area (Å²) < 4.78 is 1.02. The van der Waals surface area contributed by atoms with Crippen molar-refractivity contribution in [3.63, 3.8) is 0 Å². The van der Waals surface area contributed by atoms with E-state index in [1.54, 1.807) is 22.7 Å². The Hall–Kier alpha value is -2.28. The van der Waals surface area contributed by atoms with E-state index in [0.717, 1.165) is 33.3 Å². The maximum absolute atomic E-state index is 13.6. The predicted octanol–water partition coefficient (Wildman–Crippen LogP) is 6.50. The second kappa shape index (κ2) is 14.3. The van der Waals surface area contributed by atoms with E-state index in [9.17, 15) is 9.59 Å². The third-order valence-corrected chi connectivity index (χ3v) is 7.22. The fourth-order valence-corrected chi connectivity index (χ4v) is 5.02. The van der Waals surface area contributed by atoms with Crippen molar-refractivity contribution in [3.05, 3.63) is 105 Å². The van der Waals surface area contributed by atoms with Crippen molar-refractivity contribution in [1.82, 2.24) is 10.2 Å². The molecule has 0 fully saturated rings. The zero-order valence-corrected chi connectivity index (χ0v) is 22.9. The summed E-state index contributed by atoms with van der Waals surface area (Å²) >= 11 is 11.2. The molecule has 0 heterocycles. The topological polar surface area (TPSA) is 49.4 Å². The first-order valence-electron chi connectivity index (χ1n) is 11.6. The molecule has 35 heavy (non-hydrogen) atoms. The van der Waals surface area contributed by atoms with Crippen LogP contribution in [0, 0.1) is 0 Å². The van der Waals surface area contributed by atoms with E-state index < -0.39 is 6.04 Å². The Balaban J connectivity index is 1.82. The Labute approximate surface area is 225 Å². The van der Waals surface area contributed by atoms with E-state index >= 15 is 0 Å². The highest BCUT2D eigenvalue weighted by molar-refractivity contribution is 9.10. The van der Waals surface area contributed by atoms with E-state index in [1.165, 1.54) is 0 Å². The van der Waals surface area contributed by atoms with Gasteiger partial charge in [-0.15, -0.1) is 11.8 Å². The van der Waals surface area contributed by atoms with Gasteiger partial charge in [0.1, 0.15) is 6.04 Å². The number of nitrogens with one attached hydrogen (secondary N) is 1. The lowest BCUT2D eigenvalue weighted by Gasteiger charge is -2.31. The van der Waals surface area contributed by atoms with Crippen LogP contribution in [0.15, 0.2) is 83.3 Å². The highest BCUT2D eigenvalue weighted by Gasteiger charge is 2.30. The van der Waals surface area contributed by atoms with E-state index in [4.69, 9.17) is 11.6 Å². The molecule has 1 N–H and O–H groups in total. The molecular formula is C28H30BrClN2O2S. The molecule has 2 amide bonds. The third kappa shape index (κ3) is 9.02. The molecular weight excluding hydrogens is 544 g/mol. The van der Waals surface area contributed by atoms with Crippen LogP contribution in [0.5, 0.6) is 0 Å². The summed E-state index contributed by atoms with van der Waals surface area (Å²) in [7, 11) is 0. The molecule has 0 radical (unpaired) electrons. The van der Waals surface area contributed by atoms with Gasteiger partial charge in [0.2, 0.25) is 11.8 Å². The molecule has 1 unspecified atom stereocenters. The fourth-order valence-electron chi connectivity index (χ4n) is 3.67. The van der Waals surface area contributed by atoms with Gasteiger partial charge in [-0.25, -0.2) is 0 Å². The largest absolute Gasteiger partial charge is 0.354 e. The van der Waals surface area contributed by atoms with Gasteiger partial charge in [0, 0.05) is 34.8 Å². The molecule has 0 bridgehead atoms. The van der Waals surface area contributed by atoms with Crippen molar-refractivity contribution in [2.45, 2.75) is 38.1 Å². The van der Waals surface area contributed by atoms with Crippen molar-refractivity contribution >= 4 is 51.1 Å². The van der Waals surface area contributed by atoms with Crippen LogP contribution in [-0.4, -0.2) is 35.1 Å². The number of halogens is 2. The summed E-state index contributed by atoms with van der Waals surface area (Å²) in [6.07, 6.45) is 1.27. The van der Waals surface area contributed by atoms with Gasteiger partial charge in [0.05, 0.1) is 5.75 Å². The molecule has 0 aliphatic carbocycles. The number of carbonyl (C=O) groups is 2. The van der Waals surface area contributed by atoms with Gasteiger partial charge >= 0.3 is 0 Å². The SMILES string of the molecule is CCCNC(=O)C(Cc1ccccc1)N(Cc1cccc(Cl)c1)C(=O)CSCc1ccc(Br)cc1. The number of amides is 2. The minimum absolute atomic E-state index is 0.0698. The van der Waals surface area contributed by atoms with Crippen LogP contribution in [-0.2, 0) is 28.3 Å². The molecule has 3 rings (SSSR count). The summed E-state index contributed by atoms with van der Waals surface area (Å²) in [5.41, 5.74) is 3.05. The van der Waals surface area contributed by atoms with E-state index in [0.29, 0.717) is 24.5 Å². The van der Waals surface area contributed by atoms with Crippen LogP contribution >= 0.6 is 39.3 Å². The minimum atomic E-state index is -0.622. The Morgan fingerprint density at radius 3 is 2.37 bits per heavy atom. The van der Waals surface area contributed by atoms with Crippen molar-refractivity contribution in [2.75, 3.05) is 12.3 Å². The van der Waals surface area contributed by atoms with Crippen LogP contribution in [0.25, 0.3) is 0 Å². The molecule has 3 aromatic rings. The maximum atomic E-state index is 13.6. The van der Waals surface area contributed by atoms with Crippen LogP contribution < -0.4 is 5.32 Å². The molecule has 1 atom stereocenters. The molecule has 0 spiro atoms. The lowest BCUT2D eigenvalue weighted by molar-refractivity contribution is -0.139. The van der Waals surface area contributed by atoms with Gasteiger partial charge < -0.3 is 10.2 Å². The van der Waals surface area contributed by atoms with Gasteiger partial charge in [-0.1, -0.05) is 89.1 Å². The third-order valence-electron chi connectivity index (χ3n) is 5.47. The molecule has 0 aromatic heterocycles. The Morgan fingerprint density at radius 2 is 1.69 bits per heavy atom. The number of thioether (sulfide) groups is 1. The maximum Gasteiger partial charge on any atom is 0.243 e. The van der Waals surface area contributed by atoms with Crippen LogP contribution in [0.4, 0.5) is 0 Å². The average molecular weight is 574 g/mol. The first-order chi connectivity index (χ1) is 17.0. The summed E-state index contributed by atoms with van der Waals surface area (Å²) in [4.78, 5) is 28.6. The number of nitrogens with zero attached hydrogens (tertiary/aromatic N) is 1. The van der Waals surface area contributed by atoms with Gasteiger partial charge in [0.25, 0.3) is 0 Å². The predicted molar refractivity (Wildman–Crippen MR) is 150 cm³/mol.